The van der Waals surface area contributed by atoms with Crippen LogP contribution in [0, 0.1) is 5.92 Å². The van der Waals surface area contributed by atoms with Gasteiger partial charge < -0.3 is 15.8 Å². The fraction of sp³-hybridized carbons (Fsp3) is 0.500. The van der Waals surface area contributed by atoms with Crippen molar-refractivity contribution in [1.29, 1.82) is 0 Å². The van der Waals surface area contributed by atoms with Crippen LogP contribution in [0.1, 0.15) is 30.8 Å². The Bertz CT molecular complexity index is 448. The highest BCUT2D eigenvalue weighted by atomic mass is 16.5. The Morgan fingerprint density at radius 2 is 2.05 bits per heavy atom. The molecular weight excluding hydrogens is 248 g/mol. The summed E-state index contributed by atoms with van der Waals surface area (Å²) < 4.78 is 4.79. The molecule has 0 radical (unpaired) electrons. The van der Waals surface area contributed by atoms with Gasteiger partial charge in [-0.1, -0.05) is 13.8 Å². The summed E-state index contributed by atoms with van der Waals surface area (Å²) in [6.45, 7) is 4.32. The molecule has 0 fully saturated rings. The van der Waals surface area contributed by atoms with Crippen molar-refractivity contribution in [3.05, 3.63) is 18.1 Å². The largest absolute Gasteiger partial charge is 0.451 e. The molecule has 1 rings (SSSR count). The number of amides is 1. The van der Waals surface area contributed by atoms with Gasteiger partial charge in [-0.2, -0.15) is 0 Å². The number of carbonyl (C=O) groups excluding carboxylic acids is 2. The summed E-state index contributed by atoms with van der Waals surface area (Å²) in [6.07, 6.45) is 3.57. The van der Waals surface area contributed by atoms with E-state index in [1.165, 1.54) is 12.4 Å². The minimum atomic E-state index is -0.760. The summed E-state index contributed by atoms with van der Waals surface area (Å²) >= 11 is 0. The standard InChI is InChI=1S/C12H18N4O3/c1-8(2)3-4-14-9(17)7-19-12(18)10-11(13)16-6-5-15-10/h5-6,8H,3-4,7H2,1-2H3,(H2,13,16)(H,14,17). The topological polar surface area (TPSA) is 107 Å². The second-order valence-corrected chi connectivity index (χ2v) is 4.40. The van der Waals surface area contributed by atoms with Gasteiger partial charge in [0.1, 0.15) is 0 Å². The highest BCUT2D eigenvalue weighted by Gasteiger charge is 2.15. The summed E-state index contributed by atoms with van der Waals surface area (Å²) in [4.78, 5) is 30.4. The molecule has 7 nitrogen and oxygen atoms in total. The molecule has 0 saturated carbocycles. The first-order chi connectivity index (χ1) is 9.00. The lowest BCUT2D eigenvalue weighted by atomic mass is 10.1. The molecule has 104 valence electrons. The monoisotopic (exact) mass is 266 g/mol. The molecule has 0 atom stereocenters. The first kappa shape index (κ1) is 14.9. The number of hydrogen-bond donors (Lipinski definition) is 2. The summed E-state index contributed by atoms with van der Waals surface area (Å²) in [5.41, 5.74) is 5.38. The van der Waals surface area contributed by atoms with Gasteiger partial charge in [0.05, 0.1) is 0 Å². The van der Waals surface area contributed by atoms with Crippen LogP contribution in [0.4, 0.5) is 5.82 Å². The van der Waals surface area contributed by atoms with Crippen molar-refractivity contribution in [2.45, 2.75) is 20.3 Å². The Morgan fingerprint density at radius 1 is 1.37 bits per heavy atom. The maximum atomic E-state index is 11.6. The third-order valence-corrected chi connectivity index (χ3v) is 2.30. The van der Waals surface area contributed by atoms with Crippen LogP contribution in [0.25, 0.3) is 0 Å². The van der Waals surface area contributed by atoms with E-state index in [0.29, 0.717) is 12.5 Å². The lowest BCUT2D eigenvalue weighted by molar-refractivity contribution is -0.124. The molecule has 1 amide bonds. The molecule has 3 N–H and O–H groups in total. The molecule has 0 aliphatic heterocycles. The van der Waals surface area contributed by atoms with Gasteiger partial charge in [0, 0.05) is 18.9 Å². The molecule has 0 unspecified atom stereocenters. The third-order valence-electron chi connectivity index (χ3n) is 2.30. The molecule has 0 spiro atoms. The zero-order valence-corrected chi connectivity index (χ0v) is 11.0. The van der Waals surface area contributed by atoms with E-state index >= 15 is 0 Å². The lowest BCUT2D eigenvalue weighted by Crippen LogP contribution is -2.30. The van der Waals surface area contributed by atoms with Crippen LogP contribution in [0.2, 0.25) is 0 Å². The van der Waals surface area contributed by atoms with Gasteiger partial charge in [-0.05, 0) is 12.3 Å². The van der Waals surface area contributed by atoms with Crippen LogP contribution in [-0.2, 0) is 9.53 Å². The number of carbonyl (C=O) groups is 2. The molecule has 0 aliphatic carbocycles. The molecule has 19 heavy (non-hydrogen) atoms. The SMILES string of the molecule is CC(C)CCNC(=O)COC(=O)c1nccnc1N. The zero-order valence-electron chi connectivity index (χ0n) is 11.0. The van der Waals surface area contributed by atoms with Crippen molar-refractivity contribution in [2.75, 3.05) is 18.9 Å². The van der Waals surface area contributed by atoms with Gasteiger partial charge in [-0.3, -0.25) is 4.79 Å². The molecule has 1 aromatic rings. The first-order valence-electron chi connectivity index (χ1n) is 6.01. The molecule has 0 aromatic carbocycles. The van der Waals surface area contributed by atoms with Crippen molar-refractivity contribution in [2.24, 2.45) is 5.92 Å². The van der Waals surface area contributed by atoms with Gasteiger partial charge >= 0.3 is 5.97 Å². The van der Waals surface area contributed by atoms with Crippen molar-refractivity contribution >= 4 is 17.7 Å². The number of rotatable bonds is 6. The fourth-order valence-electron chi connectivity index (χ4n) is 1.26. The average Bonchev–Trinajstić information content (AvgIpc) is 2.36. The van der Waals surface area contributed by atoms with Crippen molar-refractivity contribution < 1.29 is 14.3 Å². The number of nitrogens with one attached hydrogen (secondary N) is 1. The van der Waals surface area contributed by atoms with E-state index in [1.54, 1.807) is 0 Å². The molecule has 1 heterocycles. The number of ether oxygens (including phenoxy) is 1. The summed E-state index contributed by atoms with van der Waals surface area (Å²) in [5.74, 6) is -0.629. The maximum Gasteiger partial charge on any atom is 0.361 e. The van der Waals surface area contributed by atoms with Crippen LogP contribution in [0.15, 0.2) is 12.4 Å². The Morgan fingerprint density at radius 3 is 2.68 bits per heavy atom. The number of anilines is 1. The number of nitrogen functional groups attached to an aromatic ring is 1. The molecular formula is C12H18N4O3. The summed E-state index contributed by atoms with van der Waals surface area (Å²) in [5, 5.41) is 2.65. The second-order valence-electron chi connectivity index (χ2n) is 4.40. The number of esters is 1. The van der Waals surface area contributed by atoms with Crippen molar-refractivity contribution in [3.63, 3.8) is 0 Å². The van der Waals surface area contributed by atoms with Crippen molar-refractivity contribution in [1.82, 2.24) is 15.3 Å². The third kappa shape index (κ3) is 5.33. The quantitative estimate of drug-likeness (QED) is 0.721. The predicted molar refractivity (Wildman–Crippen MR) is 69.2 cm³/mol. The van der Waals surface area contributed by atoms with Crippen LogP contribution in [0.5, 0.6) is 0 Å². The number of hydrogen-bond acceptors (Lipinski definition) is 6. The number of nitrogens with two attached hydrogens (primary N) is 1. The van der Waals surface area contributed by atoms with Gasteiger partial charge in [0.15, 0.2) is 18.1 Å². The second kappa shape index (κ2) is 7.30. The minimum absolute atomic E-state index is 0.0206. The fourth-order valence-corrected chi connectivity index (χ4v) is 1.26. The van der Waals surface area contributed by atoms with E-state index < -0.39 is 5.97 Å². The van der Waals surface area contributed by atoms with E-state index in [-0.39, 0.29) is 24.0 Å². The van der Waals surface area contributed by atoms with Crippen LogP contribution in [0.3, 0.4) is 0 Å². The van der Waals surface area contributed by atoms with Gasteiger partial charge in [0.25, 0.3) is 5.91 Å². The molecule has 7 heteroatoms. The molecule has 0 bridgehead atoms. The smallest absolute Gasteiger partial charge is 0.361 e. The Hall–Kier alpha value is -2.18. The van der Waals surface area contributed by atoms with Crippen LogP contribution >= 0.6 is 0 Å². The predicted octanol–water partition coefficient (Wildman–Crippen LogP) is 0.378. The summed E-state index contributed by atoms with van der Waals surface area (Å²) in [7, 11) is 0. The van der Waals surface area contributed by atoms with Crippen LogP contribution < -0.4 is 11.1 Å². The zero-order chi connectivity index (χ0) is 14.3. The van der Waals surface area contributed by atoms with Gasteiger partial charge in [-0.25, -0.2) is 14.8 Å². The van der Waals surface area contributed by atoms with E-state index in [0.717, 1.165) is 6.42 Å². The van der Waals surface area contributed by atoms with Crippen LogP contribution in [-0.4, -0.2) is 35.0 Å². The Kier molecular flexibility index (Phi) is 5.72. The Balaban J connectivity index is 2.34. The first-order valence-corrected chi connectivity index (χ1v) is 6.01. The van der Waals surface area contributed by atoms with E-state index in [2.05, 4.69) is 29.1 Å². The van der Waals surface area contributed by atoms with Gasteiger partial charge in [-0.15, -0.1) is 0 Å². The highest BCUT2D eigenvalue weighted by Crippen LogP contribution is 2.04. The minimum Gasteiger partial charge on any atom is -0.451 e. The highest BCUT2D eigenvalue weighted by molar-refractivity contribution is 5.93. The molecule has 0 aliphatic rings. The summed E-state index contributed by atoms with van der Waals surface area (Å²) in [6, 6.07) is 0. The van der Waals surface area contributed by atoms with E-state index in [1.807, 2.05) is 0 Å². The van der Waals surface area contributed by atoms with E-state index in [9.17, 15) is 9.59 Å². The van der Waals surface area contributed by atoms with Crippen molar-refractivity contribution in [3.8, 4) is 0 Å². The molecule has 0 saturated heterocycles. The normalized spacial score (nSPS) is 10.3. The lowest BCUT2D eigenvalue weighted by Gasteiger charge is -2.08. The number of nitrogens with zero attached hydrogens (tertiary/aromatic N) is 2. The average molecular weight is 266 g/mol. The Labute approximate surface area is 111 Å². The number of aromatic nitrogens is 2. The molecule has 1 aromatic heterocycles. The maximum absolute atomic E-state index is 11.6. The van der Waals surface area contributed by atoms with E-state index in [4.69, 9.17) is 10.5 Å². The van der Waals surface area contributed by atoms with Gasteiger partial charge in [0.2, 0.25) is 0 Å².